The minimum atomic E-state index is -0.0232. The lowest BCUT2D eigenvalue weighted by Gasteiger charge is -2.10. The zero-order chi connectivity index (χ0) is 20.8. The monoisotopic (exact) mass is 391 g/mol. The number of aryl methyl sites for hydroxylation is 3. The van der Waals surface area contributed by atoms with Crippen molar-refractivity contribution in [3.05, 3.63) is 82.2 Å². The summed E-state index contributed by atoms with van der Waals surface area (Å²) in [5, 5.41) is 7.64. The van der Waals surface area contributed by atoms with E-state index in [2.05, 4.69) is 28.6 Å². The highest BCUT2D eigenvalue weighted by atomic mass is 16.5. The van der Waals surface area contributed by atoms with Crippen LogP contribution in [0.3, 0.4) is 0 Å². The van der Waals surface area contributed by atoms with Gasteiger partial charge < -0.3 is 10.1 Å². The van der Waals surface area contributed by atoms with Crippen LogP contribution in [-0.2, 0) is 17.9 Å². The van der Waals surface area contributed by atoms with E-state index in [0.717, 1.165) is 40.4 Å². The van der Waals surface area contributed by atoms with Gasteiger partial charge in [-0.15, -0.1) is 0 Å². The predicted molar refractivity (Wildman–Crippen MR) is 115 cm³/mol. The minimum Gasteiger partial charge on any atom is -0.493 e. The Bertz CT molecular complexity index is 977. The SMILES string of the molecule is Cc1ccc(C)c(OCCC(=O)NCc2c(C)nn(Cc3ccccc3)c2C)c1. The average Bonchev–Trinajstić information content (AvgIpc) is 2.96. The van der Waals surface area contributed by atoms with Crippen LogP contribution in [0.25, 0.3) is 0 Å². The molecule has 0 aliphatic rings. The van der Waals surface area contributed by atoms with Gasteiger partial charge >= 0.3 is 0 Å². The third-order valence-corrected chi connectivity index (χ3v) is 5.10. The van der Waals surface area contributed by atoms with E-state index < -0.39 is 0 Å². The van der Waals surface area contributed by atoms with E-state index in [1.165, 1.54) is 5.56 Å². The lowest BCUT2D eigenvalue weighted by Crippen LogP contribution is -2.25. The first-order valence-electron chi connectivity index (χ1n) is 9.97. The maximum Gasteiger partial charge on any atom is 0.223 e. The van der Waals surface area contributed by atoms with Gasteiger partial charge in [0, 0.05) is 17.8 Å². The Morgan fingerprint density at radius 2 is 1.83 bits per heavy atom. The Kier molecular flexibility index (Phi) is 6.70. The highest BCUT2D eigenvalue weighted by Gasteiger charge is 2.13. The zero-order valence-corrected chi connectivity index (χ0v) is 17.7. The van der Waals surface area contributed by atoms with Crippen molar-refractivity contribution in [1.82, 2.24) is 15.1 Å². The molecule has 2 aromatic carbocycles. The summed E-state index contributed by atoms with van der Waals surface area (Å²) in [7, 11) is 0. The number of carbonyl (C=O) groups excluding carboxylic acids is 1. The van der Waals surface area contributed by atoms with E-state index in [9.17, 15) is 4.79 Å². The van der Waals surface area contributed by atoms with Crippen LogP contribution in [0.5, 0.6) is 5.75 Å². The summed E-state index contributed by atoms with van der Waals surface area (Å²) >= 11 is 0. The van der Waals surface area contributed by atoms with Crippen LogP contribution in [0.4, 0.5) is 0 Å². The third kappa shape index (κ3) is 5.47. The second-order valence-corrected chi connectivity index (χ2v) is 7.44. The highest BCUT2D eigenvalue weighted by molar-refractivity contribution is 5.76. The largest absolute Gasteiger partial charge is 0.493 e. The molecule has 0 bridgehead atoms. The summed E-state index contributed by atoms with van der Waals surface area (Å²) in [4.78, 5) is 12.3. The molecule has 1 amide bonds. The summed E-state index contributed by atoms with van der Waals surface area (Å²) in [5.41, 5.74) is 6.53. The van der Waals surface area contributed by atoms with Gasteiger partial charge in [-0.2, -0.15) is 5.10 Å². The van der Waals surface area contributed by atoms with Crippen molar-refractivity contribution in [3.63, 3.8) is 0 Å². The van der Waals surface area contributed by atoms with E-state index in [1.807, 2.05) is 62.7 Å². The van der Waals surface area contributed by atoms with Gasteiger partial charge in [-0.05, 0) is 50.5 Å². The molecular formula is C24H29N3O2. The average molecular weight is 392 g/mol. The molecule has 0 radical (unpaired) electrons. The Balaban J connectivity index is 1.51. The van der Waals surface area contributed by atoms with Gasteiger partial charge in [0.2, 0.25) is 5.91 Å². The number of hydrogen-bond acceptors (Lipinski definition) is 3. The molecule has 0 saturated heterocycles. The Morgan fingerprint density at radius 1 is 1.07 bits per heavy atom. The first kappa shape index (κ1) is 20.6. The standard InChI is InChI=1S/C24H29N3O2/c1-17-10-11-18(2)23(14-17)29-13-12-24(28)25-15-22-19(3)26-27(20(22)4)16-21-8-6-5-7-9-21/h5-11,14H,12-13,15-16H2,1-4H3,(H,25,28). The van der Waals surface area contributed by atoms with Gasteiger partial charge in [0.1, 0.15) is 5.75 Å². The first-order chi connectivity index (χ1) is 13.9. The highest BCUT2D eigenvalue weighted by Crippen LogP contribution is 2.19. The zero-order valence-electron chi connectivity index (χ0n) is 17.7. The molecule has 0 unspecified atom stereocenters. The maximum absolute atomic E-state index is 12.3. The summed E-state index contributed by atoms with van der Waals surface area (Å²) in [6, 6.07) is 16.3. The fraction of sp³-hybridized carbons (Fsp3) is 0.333. The molecule has 0 atom stereocenters. The van der Waals surface area contributed by atoms with Gasteiger partial charge in [0.25, 0.3) is 0 Å². The molecule has 1 aromatic heterocycles. The number of ether oxygens (including phenoxy) is 1. The van der Waals surface area contributed by atoms with Crippen LogP contribution >= 0.6 is 0 Å². The lowest BCUT2D eigenvalue weighted by molar-refractivity contribution is -0.121. The van der Waals surface area contributed by atoms with Crippen molar-refractivity contribution < 1.29 is 9.53 Å². The number of amides is 1. The fourth-order valence-electron chi connectivity index (χ4n) is 3.29. The number of rotatable bonds is 8. The number of nitrogens with zero attached hydrogens (tertiary/aromatic N) is 2. The summed E-state index contributed by atoms with van der Waals surface area (Å²) in [6.45, 7) is 9.64. The van der Waals surface area contributed by atoms with Crippen molar-refractivity contribution in [1.29, 1.82) is 0 Å². The first-order valence-corrected chi connectivity index (χ1v) is 9.97. The number of nitrogens with one attached hydrogen (secondary N) is 1. The van der Waals surface area contributed by atoms with Crippen molar-refractivity contribution >= 4 is 5.91 Å². The molecule has 1 N–H and O–H groups in total. The van der Waals surface area contributed by atoms with Gasteiger partial charge in [-0.1, -0.05) is 42.5 Å². The van der Waals surface area contributed by atoms with Gasteiger partial charge in [0.15, 0.2) is 0 Å². The third-order valence-electron chi connectivity index (χ3n) is 5.10. The van der Waals surface area contributed by atoms with Crippen LogP contribution in [0, 0.1) is 27.7 Å². The molecule has 5 nitrogen and oxygen atoms in total. The lowest BCUT2D eigenvalue weighted by atomic mass is 10.1. The molecule has 0 aliphatic carbocycles. The Morgan fingerprint density at radius 3 is 2.59 bits per heavy atom. The predicted octanol–water partition coefficient (Wildman–Crippen LogP) is 4.25. The van der Waals surface area contributed by atoms with Crippen molar-refractivity contribution in [2.75, 3.05) is 6.61 Å². The number of carbonyl (C=O) groups is 1. The number of hydrogen-bond donors (Lipinski definition) is 1. The van der Waals surface area contributed by atoms with Crippen molar-refractivity contribution in [2.45, 2.75) is 47.2 Å². The molecule has 0 aliphatic heterocycles. The summed E-state index contributed by atoms with van der Waals surface area (Å²) in [6.07, 6.45) is 0.323. The van der Waals surface area contributed by atoms with E-state index in [0.29, 0.717) is 19.6 Å². The number of aromatic nitrogens is 2. The fourth-order valence-corrected chi connectivity index (χ4v) is 3.29. The van der Waals surface area contributed by atoms with Crippen LogP contribution in [0.1, 0.15) is 40.1 Å². The molecule has 1 heterocycles. The van der Waals surface area contributed by atoms with E-state index >= 15 is 0 Å². The van der Waals surface area contributed by atoms with Crippen LogP contribution in [0.15, 0.2) is 48.5 Å². The van der Waals surface area contributed by atoms with E-state index in [1.54, 1.807) is 0 Å². The molecule has 0 spiro atoms. The summed E-state index contributed by atoms with van der Waals surface area (Å²) < 4.78 is 7.78. The Hall–Kier alpha value is -3.08. The van der Waals surface area contributed by atoms with Gasteiger partial charge in [0.05, 0.1) is 25.3 Å². The molecule has 0 saturated carbocycles. The minimum absolute atomic E-state index is 0.0232. The second kappa shape index (κ2) is 9.41. The molecule has 29 heavy (non-hydrogen) atoms. The topological polar surface area (TPSA) is 56.1 Å². The van der Waals surface area contributed by atoms with E-state index in [4.69, 9.17) is 4.74 Å². The normalized spacial score (nSPS) is 10.8. The smallest absolute Gasteiger partial charge is 0.223 e. The van der Waals surface area contributed by atoms with E-state index in [-0.39, 0.29) is 5.91 Å². The number of benzene rings is 2. The molecule has 5 heteroatoms. The molecule has 3 aromatic rings. The van der Waals surface area contributed by atoms with Crippen molar-refractivity contribution in [3.8, 4) is 5.75 Å². The molecular weight excluding hydrogens is 362 g/mol. The maximum atomic E-state index is 12.3. The van der Waals surface area contributed by atoms with Crippen LogP contribution < -0.4 is 10.1 Å². The molecule has 152 valence electrons. The van der Waals surface area contributed by atoms with Gasteiger partial charge in [-0.25, -0.2) is 0 Å². The summed E-state index contributed by atoms with van der Waals surface area (Å²) in [5.74, 6) is 0.816. The van der Waals surface area contributed by atoms with Crippen LogP contribution in [0.2, 0.25) is 0 Å². The van der Waals surface area contributed by atoms with Gasteiger partial charge in [-0.3, -0.25) is 9.48 Å². The molecule has 0 fully saturated rings. The Labute approximate surface area is 172 Å². The van der Waals surface area contributed by atoms with Crippen LogP contribution in [-0.4, -0.2) is 22.3 Å². The second-order valence-electron chi connectivity index (χ2n) is 7.44. The quantitative estimate of drug-likeness (QED) is 0.624. The van der Waals surface area contributed by atoms with Crippen molar-refractivity contribution in [2.24, 2.45) is 0 Å². The molecule has 3 rings (SSSR count).